The fraction of sp³-hybridized carbons (Fsp3) is 0.350. The highest BCUT2D eigenvalue weighted by Crippen LogP contribution is 2.38. The predicted molar refractivity (Wildman–Crippen MR) is 92.5 cm³/mol. The third-order valence-electron chi connectivity index (χ3n) is 4.82. The summed E-state index contributed by atoms with van der Waals surface area (Å²) in [7, 11) is 1.65. The van der Waals surface area contributed by atoms with E-state index < -0.39 is 0 Å². The molecule has 0 radical (unpaired) electrons. The summed E-state index contributed by atoms with van der Waals surface area (Å²) in [5.41, 5.74) is 2.14. The van der Waals surface area contributed by atoms with E-state index in [9.17, 15) is 4.79 Å². The topological polar surface area (TPSA) is 51.3 Å². The molecule has 0 spiro atoms. The zero-order chi connectivity index (χ0) is 17.2. The number of hydrogen-bond acceptors (Lipinski definition) is 4. The molecule has 1 amide bonds. The number of hydrogen-bond donors (Lipinski definition) is 0. The quantitative estimate of drug-likeness (QED) is 0.786. The summed E-state index contributed by atoms with van der Waals surface area (Å²) in [5.74, 6) is 0.829. The van der Waals surface area contributed by atoms with Crippen LogP contribution in [0.1, 0.15) is 11.1 Å². The van der Waals surface area contributed by atoms with Gasteiger partial charge in [-0.15, -0.1) is 0 Å². The van der Waals surface area contributed by atoms with Gasteiger partial charge in [0.15, 0.2) is 0 Å². The first kappa shape index (κ1) is 16.0. The Balaban J connectivity index is 1.39. The van der Waals surface area contributed by atoms with Crippen molar-refractivity contribution in [3.8, 4) is 5.75 Å². The number of amides is 1. The van der Waals surface area contributed by atoms with Gasteiger partial charge in [0.25, 0.3) is 0 Å². The molecule has 2 fully saturated rings. The Hall–Kier alpha value is -2.53. The Morgan fingerprint density at radius 2 is 1.88 bits per heavy atom. The number of ether oxygens (including phenoxy) is 3. The molecular formula is C20H21NO4. The lowest BCUT2D eigenvalue weighted by molar-refractivity contribution is 0.0704. The van der Waals surface area contributed by atoms with Crippen molar-refractivity contribution in [2.45, 2.75) is 31.3 Å². The Labute approximate surface area is 147 Å². The molecule has 0 bridgehead atoms. The average Bonchev–Trinajstić information content (AvgIpc) is 3.35. The zero-order valence-electron chi connectivity index (χ0n) is 14.1. The van der Waals surface area contributed by atoms with Crippen LogP contribution in [0.25, 0.3) is 0 Å². The molecule has 2 saturated heterocycles. The van der Waals surface area contributed by atoms with Gasteiger partial charge in [-0.3, -0.25) is 4.90 Å². The van der Waals surface area contributed by atoms with Gasteiger partial charge in [-0.2, -0.15) is 0 Å². The molecule has 0 unspecified atom stereocenters. The number of epoxide rings is 1. The molecule has 0 N–H and O–H groups in total. The number of morpholine rings is 1. The van der Waals surface area contributed by atoms with Crippen LogP contribution in [0.15, 0.2) is 54.6 Å². The normalized spacial score (nSPS) is 23.9. The lowest BCUT2D eigenvalue weighted by Crippen LogP contribution is -2.41. The van der Waals surface area contributed by atoms with Gasteiger partial charge in [0.1, 0.15) is 24.6 Å². The minimum absolute atomic E-state index is 0.0293. The van der Waals surface area contributed by atoms with E-state index in [0.717, 1.165) is 23.3 Å². The van der Waals surface area contributed by atoms with Crippen LogP contribution in [0.2, 0.25) is 0 Å². The predicted octanol–water partition coefficient (Wildman–Crippen LogP) is 3.03. The van der Waals surface area contributed by atoms with Gasteiger partial charge in [0.05, 0.1) is 19.7 Å². The molecule has 0 aliphatic carbocycles. The SMILES string of the molecule is COc1ccc(C[C@@H]2[C@@H]3O[C@@H]3CN2C(=O)OCc2ccccc2)cc1. The number of likely N-dealkylation sites (tertiary alicyclic amines) is 1. The molecule has 25 heavy (non-hydrogen) atoms. The molecule has 2 aromatic rings. The standard InChI is InChI=1S/C20H21NO4/c1-23-16-9-7-14(8-10-16)11-17-19-18(25-19)12-21(17)20(22)24-13-15-5-3-2-4-6-15/h2-10,17-19H,11-13H2,1H3/t17-,18-,19+/m1/s1. The van der Waals surface area contributed by atoms with Crippen molar-refractivity contribution in [2.24, 2.45) is 0 Å². The minimum Gasteiger partial charge on any atom is -0.497 e. The molecule has 2 aliphatic heterocycles. The van der Waals surface area contributed by atoms with E-state index in [1.54, 1.807) is 7.11 Å². The summed E-state index contributed by atoms with van der Waals surface area (Å²) in [4.78, 5) is 14.3. The molecule has 2 aromatic carbocycles. The van der Waals surface area contributed by atoms with Crippen molar-refractivity contribution < 1.29 is 19.0 Å². The second kappa shape index (κ2) is 6.76. The molecule has 2 heterocycles. The van der Waals surface area contributed by atoms with Crippen molar-refractivity contribution in [3.63, 3.8) is 0 Å². The molecule has 130 valence electrons. The molecule has 0 saturated carbocycles. The van der Waals surface area contributed by atoms with Crippen molar-refractivity contribution in [2.75, 3.05) is 13.7 Å². The zero-order valence-corrected chi connectivity index (χ0v) is 14.1. The van der Waals surface area contributed by atoms with Crippen molar-refractivity contribution in [3.05, 3.63) is 65.7 Å². The Morgan fingerprint density at radius 1 is 1.12 bits per heavy atom. The average molecular weight is 339 g/mol. The van der Waals surface area contributed by atoms with Crippen LogP contribution in [0.4, 0.5) is 4.79 Å². The van der Waals surface area contributed by atoms with Gasteiger partial charge in [-0.05, 0) is 29.7 Å². The third-order valence-corrected chi connectivity index (χ3v) is 4.82. The molecule has 5 heteroatoms. The van der Waals surface area contributed by atoms with Gasteiger partial charge < -0.3 is 14.2 Å². The van der Waals surface area contributed by atoms with E-state index in [-0.39, 0.29) is 24.3 Å². The van der Waals surface area contributed by atoms with Crippen molar-refractivity contribution >= 4 is 6.09 Å². The maximum absolute atomic E-state index is 12.5. The Bertz CT molecular complexity index is 731. The summed E-state index contributed by atoms with van der Waals surface area (Å²) in [6.07, 6.45) is 0.781. The highest BCUT2D eigenvalue weighted by atomic mass is 16.6. The van der Waals surface area contributed by atoms with Gasteiger partial charge in [-0.1, -0.05) is 42.5 Å². The number of methoxy groups -OCH3 is 1. The summed E-state index contributed by atoms with van der Waals surface area (Å²) in [5, 5.41) is 0. The summed E-state index contributed by atoms with van der Waals surface area (Å²) in [6, 6.07) is 17.7. The van der Waals surface area contributed by atoms with E-state index in [4.69, 9.17) is 14.2 Å². The fourth-order valence-corrected chi connectivity index (χ4v) is 3.39. The number of fused-ring (bicyclic) bond motifs is 1. The van der Waals surface area contributed by atoms with Crippen molar-refractivity contribution in [1.82, 2.24) is 4.90 Å². The Kier molecular flexibility index (Phi) is 4.32. The van der Waals surface area contributed by atoms with Crippen LogP contribution in [-0.4, -0.2) is 42.9 Å². The van der Waals surface area contributed by atoms with Crippen molar-refractivity contribution in [1.29, 1.82) is 0 Å². The monoisotopic (exact) mass is 339 g/mol. The lowest BCUT2D eigenvalue weighted by atomic mass is 10.0. The summed E-state index contributed by atoms with van der Waals surface area (Å²) < 4.78 is 16.3. The Morgan fingerprint density at radius 3 is 2.60 bits per heavy atom. The minimum atomic E-state index is -0.266. The molecule has 3 atom stereocenters. The second-order valence-corrected chi connectivity index (χ2v) is 6.45. The highest BCUT2D eigenvalue weighted by Gasteiger charge is 2.56. The van der Waals surface area contributed by atoms with Crippen LogP contribution in [0, 0.1) is 0 Å². The van der Waals surface area contributed by atoms with Gasteiger partial charge in [-0.25, -0.2) is 4.79 Å². The number of rotatable bonds is 5. The number of carbonyl (C=O) groups excluding carboxylic acids is 1. The first-order chi connectivity index (χ1) is 12.2. The molecule has 0 aromatic heterocycles. The van der Waals surface area contributed by atoms with Crippen LogP contribution in [0.5, 0.6) is 5.75 Å². The largest absolute Gasteiger partial charge is 0.497 e. The van der Waals surface area contributed by atoms with Crippen LogP contribution >= 0.6 is 0 Å². The fourth-order valence-electron chi connectivity index (χ4n) is 3.39. The van der Waals surface area contributed by atoms with E-state index in [0.29, 0.717) is 13.2 Å². The summed E-state index contributed by atoms with van der Waals surface area (Å²) in [6.45, 7) is 0.904. The molecule has 5 nitrogen and oxygen atoms in total. The van der Waals surface area contributed by atoms with Crippen LogP contribution < -0.4 is 4.74 Å². The second-order valence-electron chi connectivity index (χ2n) is 6.45. The maximum Gasteiger partial charge on any atom is 0.410 e. The van der Waals surface area contributed by atoms with Crippen LogP contribution in [0.3, 0.4) is 0 Å². The number of nitrogens with zero attached hydrogens (tertiary/aromatic N) is 1. The first-order valence-corrected chi connectivity index (χ1v) is 8.50. The van der Waals surface area contributed by atoms with E-state index >= 15 is 0 Å². The van der Waals surface area contributed by atoms with Gasteiger partial charge in [0.2, 0.25) is 0 Å². The first-order valence-electron chi connectivity index (χ1n) is 8.50. The molecular weight excluding hydrogens is 318 g/mol. The number of carbonyl (C=O) groups is 1. The van der Waals surface area contributed by atoms with E-state index in [1.165, 1.54) is 0 Å². The maximum atomic E-state index is 12.5. The van der Waals surface area contributed by atoms with Crippen LogP contribution in [-0.2, 0) is 22.5 Å². The molecule has 2 aliphatic rings. The molecule has 4 rings (SSSR count). The van der Waals surface area contributed by atoms with Gasteiger partial charge in [0, 0.05) is 0 Å². The van der Waals surface area contributed by atoms with E-state index in [2.05, 4.69) is 0 Å². The third kappa shape index (κ3) is 3.46. The lowest BCUT2D eigenvalue weighted by Gasteiger charge is -2.26. The number of benzene rings is 2. The smallest absolute Gasteiger partial charge is 0.410 e. The van der Waals surface area contributed by atoms with Gasteiger partial charge >= 0.3 is 6.09 Å². The van der Waals surface area contributed by atoms with E-state index in [1.807, 2.05) is 59.5 Å². The highest BCUT2D eigenvalue weighted by molar-refractivity contribution is 5.69. The summed E-state index contributed by atoms with van der Waals surface area (Å²) >= 11 is 0.